The maximum Gasteiger partial charge on any atom is 0.0529 e. The summed E-state index contributed by atoms with van der Waals surface area (Å²) in [5, 5.41) is 4.49. The molecule has 1 aromatic rings. The van der Waals surface area contributed by atoms with Crippen molar-refractivity contribution in [3.05, 3.63) is 27.2 Å². The molecule has 0 aliphatic carbocycles. The van der Waals surface area contributed by atoms with Gasteiger partial charge in [-0.25, -0.2) is 0 Å². The van der Waals surface area contributed by atoms with Crippen LogP contribution in [-0.2, 0) is 0 Å². The molecule has 19 heavy (non-hydrogen) atoms. The van der Waals surface area contributed by atoms with Gasteiger partial charge in [0.05, 0.1) is 5.69 Å². The lowest BCUT2D eigenvalue weighted by Gasteiger charge is -2.46. The Kier molecular flexibility index (Phi) is 4.49. The summed E-state index contributed by atoms with van der Waals surface area (Å²) in [6.07, 6.45) is 1.12. The normalized spacial score (nSPS) is 27.7. The van der Waals surface area contributed by atoms with E-state index in [9.17, 15) is 0 Å². The van der Waals surface area contributed by atoms with E-state index in [1.807, 2.05) is 6.92 Å². The molecule has 0 saturated carbocycles. The zero-order valence-electron chi connectivity index (χ0n) is 12.1. The van der Waals surface area contributed by atoms with Crippen LogP contribution in [0.15, 0.2) is 16.6 Å². The lowest BCUT2D eigenvalue weighted by atomic mass is 9.93. The molecule has 2 nitrogen and oxygen atoms in total. The number of anilines is 1. The fourth-order valence-corrected chi connectivity index (χ4v) is 3.35. The molecule has 1 N–H and O–H groups in total. The standard InChI is InChI=1S/C15H22BrClN2/c1-5-15(4)9-19(11(3)8-18-15)14-7-13(17)10(2)6-12(14)16/h6-7,11,18H,5,8-9H2,1-4H3. The predicted molar refractivity (Wildman–Crippen MR) is 87.4 cm³/mol. The van der Waals surface area contributed by atoms with Gasteiger partial charge in [-0.05, 0) is 60.8 Å². The topological polar surface area (TPSA) is 15.3 Å². The van der Waals surface area contributed by atoms with Gasteiger partial charge in [-0.3, -0.25) is 0 Å². The highest BCUT2D eigenvalue weighted by Crippen LogP contribution is 2.35. The minimum absolute atomic E-state index is 0.170. The molecule has 2 unspecified atom stereocenters. The summed E-state index contributed by atoms with van der Waals surface area (Å²) in [5.41, 5.74) is 2.48. The second-order valence-corrected chi connectivity index (χ2v) is 7.09. The van der Waals surface area contributed by atoms with Gasteiger partial charge in [0.25, 0.3) is 0 Å². The van der Waals surface area contributed by atoms with Crippen molar-refractivity contribution in [2.45, 2.75) is 45.7 Å². The Hall–Kier alpha value is -0.250. The summed E-state index contributed by atoms with van der Waals surface area (Å²) in [6, 6.07) is 4.66. The van der Waals surface area contributed by atoms with Gasteiger partial charge in [0.1, 0.15) is 0 Å². The van der Waals surface area contributed by atoms with E-state index in [1.165, 1.54) is 5.69 Å². The molecular weight excluding hydrogens is 324 g/mol. The van der Waals surface area contributed by atoms with Crippen molar-refractivity contribution >= 4 is 33.2 Å². The molecule has 2 rings (SSSR count). The van der Waals surface area contributed by atoms with Crippen LogP contribution in [0.1, 0.15) is 32.8 Å². The zero-order valence-corrected chi connectivity index (χ0v) is 14.4. The van der Waals surface area contributed by atoms with Crippen LogP contribution < -0.4 is 10.2 Å². The SMILES string of the molecule is CCC1(C)CN(c2cc(Cl)c(C)cc2Br)C(C)CN1. The van der Waals surface area contributed by atoms with Gasteiger partial charge in [0.2, 0.25) is 0 Å². The maximum absolute atomic E-state index is 6.29. The van der Waals surface area contributed by atoms with Gasteiger partial charge in [-0.1, -0.05) is 18.5 Å². The van der Waals surface area contributed by atoms with Crippen LogP contribution in [0.4, 0.5) is 5.69 Å². The molecule has 1 aliphatic heterocycles. The summed E-state index contributed by atoms with van der Waals surface area (Å²) in [6.45, 7) is 10.8. The predicted octanol–water partition coefficient (Wildman–Crippen LogP) is 4.38. The fourth-order valence-electron chi connectivity index (χ4n) is 2.51. The highest BCUT2D eigenvalue weighted by atomic mass is 79.9. The first-order valence-corrected chi connectivity index (χ1v) is 8.01. The van der Waals surface area contributed by atoms with E-state index in [4.69, 9.17) is 11.6 Å². The first-order chi connectivity index (χ1) is 8.86. The Balaban J connectivity index is 2.36. The molecule has 0 amide bonds. The van der Waals surface area contributed by atoms with Crippen LogP contribution in [0, 0.1) is 6.92 Å². The molecule has 1 heterocycles. The van der Waals surface area contributed by atoms with E-state index >= 15 is 0 Å². The molecule has 2 atom stereocenters. The molecule has 0 aromatic heterocycles. The number of nitrogens with one attached hydrogen (secondary N) is 1. The number of benzene rings is 1. The first-order valence-electron chi connectivity index (χ1n) is 6.83. The second-order valence-electron chi connectivity index (χ2n) is 5.82. The van der Waals surface area contributed by atoms with Crippen LogP contribution in [-0.4, -0.2) is 24.7 Å². The lowest BCUT2D eigenvalue weighted by Crippen LogP contribution is -2.62. The number of hydrogen-bond acceptors (Lipinski definition) is 2. The smallest absolute Gasteiger partial charge is 0.0529 e. The van der Waals surface area contributed by atoms with E-state index in [-0.39, 0.29) is 5.54 Å². The number of hydrogen-bond donors (Lipinski definition) is 1. The average molecular weight is 346 g/mol. The average Bonchev–Trinajstić information content (AvgIpc) is 2.37. The molecule has 0 bridgehead atoms. The van der Waals surface area contributed by atoms with Gasteiger partial charge in [-0.2, -0.15) is 0 Å². The van der Waals surface area contributed by atoms with Gasteiger partial charge >= 0.3 is 0 Å². The summed E-state index contributed by atoms with van der Waals surface area (Å²) in [7, 11) is 0. The Morgan fingerprint density at radius 3 is 2.84 bits per heavy atom. The van der Waals surface area contributed by atoms with Gasteiger partial charge in [0.15, 0.2) is 0 Å². The van der Waals surface area contributed by atoms with Crippen LogP contribution in [0.25, 0.3) is 0 Å². The van der Waals surface area contributed by atoms with E-state index < -0.39 is 0 Å². The molecule has 1 aromatic carbocycles. The van der Waals surface area contributed by atoms with Crippen LogP contribution >= 0.6 is 27.5 Å². The quantitative estimate of drug-likeness (QED) is 0.856. The third kappa shape index (κ3) is 3.09. The van der Waals surface area contributed by atoms with Crippen LogP contribution in [0.3, 0.4) is 0 Å². The fraction of sp³-hybridized carbons (Fsp3) is 0.600. The van der Waals surface area contributed by atoms with Crippen LogP contribution in [0.2, 0.25) is 5.02 Å². The second kappa shape index (κ2) is 5.63. The van der Waals surface area contributed by atoms with Crippen molar-refractivity contribution in [2.75, 3.05) is 18.0 Å². The number of nitrogens with zero attached hydrogens (tertiary/aromatic N) is 1. The molecule has 1 fully saturated rings. The molecule has 0 radical (unpaired) electrons. The molecule has 4 heteroatoms. The van der Waals surface area contributed by atoms with Crippen molar-refractivity contribution in [1.82, 2.24) is 5.32 Å². The summed E-state index contributed by atoms with van der Waals surface area (Å²) in [4.78, 5) is 2.45. The number of piperazine rings is 1. The molecular formula is C15H22BrClN2. The van der Waals surface area contributed by atoms with Crippen molar-refractivity contribution in [3.63, 3.8) is 0 Å². The van der Waals surface area contributed by atoms with Gasteiger partial charge in [0, 0.05) is 34.2 Å². The monoisotopic (exact) mass is 344 g/mol. The van der Waals surface area contributed by atoms with Crippen LogP contribution in [0.5, 0.6) is 0 Å². The van der Waals surface area contributed by atoms with Gasteiger partial charge in [-0.15, -0.1) is 0 Å². The number of halogens is 2. The van der Waals surface area contributed by atoms with E-state index in [0.717, 1.165) is 34.6 Å². The minimum Gasteiger partial charge on any atom is -0.365 e. The molecule has 0 spiro atoms. The van der Waals surface area contributed by atoms with Crippen molar-refractivity contribution in [3.8, 4) is 0 Å². The Bertz CT molecular complexity index is 477. The highest BCUT2D eigenvalue weighted by Gasteiger charge is 2.33. The van der Waals surface area contributed by atoms with Crippen molar-refractivity contribution < 1.29 is 0 Å². The Labute approximate surface area is 129 Å². The summed E-state index contributed by atoms with van der Waals surface area (Å²) < 4.78 is 1.13. The van der Waals surface area contributed by atoms with E-state index in [0.29, 0.717) is 6.04 Å². The first kappa shape index (κ1) is 15.1. The lowest BCUT2D eigenvalue weighted by molar-refractivity contribution is 0.285. The number of rotatable bonds is 2. The minimum atomic E-state index is 0.170. The van der Waals surface area contributed by atoms with Crippen molar-refractivity contribution in [1.29, 1.82) is 0 Å². The third-order valence-electron chi connectivity index (χ3n) is 4.19. The third-order valence-corrected chi connectivity index (χ3v) is 5.24. The van der Waals surface area contributed by atoms with Gasteiger partial charge < -0.3 is 10.2 Å². The summed E-state index contributed by atoms with van der Waals surface area (Å²) >= 11 is 9.98. The highest BCUT2D eigenvalue weighted by molar-refractivity contribution is 9.10. The molecule has 106 valence electrons. The largest absolute Gasteiger partial charge is 0.365 e. The zero-order chi connectivity index (χ0) is 14.2. The maximum atomic E-state index is 6.29. The molecule has 1 aliphatic rings. The number of aryl methyl sites for hydroxylation is 1. The van der Waals surface area contributed by atoms with E-state index in [2.05, 4.69) is 59.1 Å². The summed E-state index contributed by atoms with van der Waals surface area (Å²) in [5.74, 6) is 0. The molecule has 1 saturated heterocycles. The Morgan fingerprint density at radius 2 is 2.21 bits per heavy atom. The Morgan fingerprint density at radius 1 is 1.53 bits per heavy atom. The van der Waals surface area contributed by atoms with Crippen molar-refractivity contribution in [2.24, 2.45) is 0 Å². The van der Waals surface area contributed by atoms with E-state index in [1.54, 1.807) is 0 Å².